The molecule has 0 radical (unpaired) electrons. The van der Waals surface area contributed by atoms with Gasteiger partial charge < -0.3 is 10.1 Å². The standard InChI is InChI=1S/C17H14Cl2N2O2/c18-9-6-12-10(14(19)7-9)3-4-15(12)21-16(22)13-8-23-17-11(13)2-1-5-20-17/h1-2,5-7,13,15H,3-4,8H2,(H,21,22)/t13-,15+/m1/s1. The number of fused-ring (bicyclic) bond motifs is 2. The highest BCUT2D eigenvalue weighted by Crippen LogP contribution is 2.39. The number of ether oxygens (including phenoxy) is 1. The number of halogens is 2. The number of rotatable bonds is 2. The molecule has 1 aliphatic heterocycles. The van der Waals surface area contributed by atoms with Crippen LogP contribution in [0.4, 0.5) is 0 Å². The smallest absolute Gasteiger partial charge is 0.231 e. The number of pyridine rings is 1. The number of hydrogen-bond donors (Lipinski definition) is 1. The number of carbonyl (C=O) groups is 1. The van der Waals surface area contributed by atoms with Gasteiger partial charge in [0.1, 0.15) is 12.5 Å². The highest BCUT2D eigenvalue weighted by atomic mass is 35.5. The van der Waals surface area contributed by atoms with E-state index in [1.165, 1.54) is 0 Å². The Morgan fingerprint density at radius 2 is 2.17 bits per heavy atom. The van der Waals surface area contributed by atoms with E-state index in [0.29, 0.717) is 22.5 Å². The van der Waals surface area contributed by atoms with Gasteiger partial charge in [0.15, 0.2) is 0 Å². The molecule has 4 rings (SSSR count). The molecule has 0 spiro atoms. The highest BCUT2D eigenvalue weighted by Gasteiger charge is 2.34. The van der Waals surface area contributed by atoms with Crippen LogP contribution < -0.4 is 10.1 Å². The van der Waals surface area contributed by atoms with Gasteiger partial charge in [-0.05, 0) is 42.2 Å². The first kappa shape index (κ1) is 14.8. The molecule has 0 saturated carbocycles. The summed E-state index contributed by atoms with van der Waals surface area (Å²) in [6.45, 7) is 0.327. The molecule has 0 unspecified atom stereocenters. The van der Waals surface area contributed by atoms with Crippen LogP contribution >= 0.6 is 23.2 Å². The summed E-state index contributed by atoms with van der Waals surface area (Å²) in [6.07, 6.45) is 3.33. The van der Waals surface area contributed by atoms with Gasteiger partial charge in [0.25, 0.3) is 0 Å². The Balaban J connectivity index is 1.56. The molecule has 0 fully saturated rings. The van der Waals surface area contributed by atoms with Crippen molar-refractivity contribution in [2.24, 2.45) is 0 Å². The second-order valence-electron chi connectivity index (χ2n) is 5.82. The normalized spacial score (nSPS) is 21.5. The Kier molecular flexibility index (Phi) is 3.66. The first-order valence-corrected chi connectivity index (χ1v) is 8.25. The van der Waals surface area contributed by atoms with Crippen molar-refractivity contribution in [3.05, 3.63) is 57.2 Å². The third-order valence-electron chi connectivity index (χ3n) is 4.45. The zero-order valence-corrected chi connectivity index (χ0v) is 13.7. The van der Waals surface area contributed by atoms with E-state index in [0.717, 1.165) is 29.5 Å². The lowest BCUT2D eigenvalue weighted by atomic mass is 10.0. The minimum Gasteiger partial charge on any atom is -0.476 e. The van der Waals surface area contributed by atoms with Gasteiger partial charge in [-0.15, -0.1) is 0 Å². The molecule has 1 N–H and O–H groups in total. The van der Waals surface area contributed by atoms with Crippen molar-refractivity contribution in [3.8, 4) is 5.88 Å². The van der Waals surface area contributed by atoms with E-state index in [1.807, 2.05) is 18.2 Å². The third kappa shape index (κ3) is 2.56. The second-order valence-corrected chi connectivity index (χ2v) is 6.66. The average Bonchev–Trinajstić information content (AvgIpc) is 3.12. The van der Waals surface area contributed by atoms with E-state index in [1.54, 1.807) is 12.3 Å². The van der Waals surface area contributed by atoms with E-state index in [4.69, 9.17) is 27.9 Å². The first-order chi connectivity index (χ1) is 11.1. The third-order valence-corrected chi connectivity index (χ3v) is 5.00. The average molecular weight is 349 g/mol. The number of nitrogens with zero attached hydrogens (tertiary/aromatic N) is 1. The highest BCUT2D eigenvalue weighted by molar-refractivity contribution is 6.35. The van der Waals surface area contributed by atoms with Crippen LogP contribution in [0.3, 0.4) is 0 Å². The molecule has 23 heavy (non-hydrogen) atoms. The predicted molar refractivity (Wildman–Crippen MR) is 88.1 cm³/mol. The van der Waals surface area contributed by atoms with Crippen LogP contribution in [0.25, 0.3) is 0 Å². The lowest BCUT2D eigenvalue weighted by Gasteiger charge is -2.17. The monoisotopic (exact) mass is 348 g/mol. The van der Waals surface area contributed by atoms with Crippen LogP contribution in [0.5, 0.6) is 5.88 Å². The molecular weight excluding hydrogens is 335 g/mol. The molecule has 0 bridgehead atoms. The van der Waals surface area contributed by atoms with Crippen LogP contribution in [0.2, 0.25) is 10.0 Å². The molecule has 1 aromatic heterocycles. The fourth-order valence-electron chi connectivity index (χ4n) is 3.32. The van der Waals surface area contributed by atoms with Crippen LogP contribution in [0, 0.1) is 0 Å². The molecule has 4 nitrogen and oxygen atoms in total. The number of nitrogens with one attached hydrogen (secondary N) is 1. The van der Waals surface area contributed by atoms with E-state index in [2.05, 4.69) is 10.3 Å². The maximum Gasteiger partial charge on any atom is 0.231 e. The predicted octanol–water partition coefficient (Wildman–Crippen LogP) is 3.67. The van der Waals surface area contributed by atoms with E-state index in [-0.39, 0.29) is 17.9 Å². The number of hydrogen-bond acceptors (Lipinski definition) is 3. The first-order valence-electron chi connectivity index (χ1n) is 7.49. The molecule has 1 amide bonds. The molecular formula is C17H14Cl2N2O2. The zero-order chi connectivity index (χ0) is 16.0. The Labute approximate surface area is 143 Å². The van der Waals surface area contributed by atoms with E-state index < -0.39 is 0 Å². The SMILES string of the molecule is O=C(N[C@H]1CCc2c(Cl)cc(Cl)cc21)[C@@H]1COc2ncccc21. The summed E-state index contributed by atoms with van der Waals surface area (Å²) >= 11 is 12.3. The summed E-state index contributed by atoms with van der Waals surface area (Å²) < 4.78 is 5.49. The number of aromatic nitrogens is 1. The largest absolute Gasteiger partial charge is 0.476 e. The maximum atomic E-state index is 12.7. The van der Waals surface area contributed by atoms with Crippen LogP contribution in [-0.4, -0.2) is 17.5 Å². The molecule has 2 aliphatic rings. The number of benzene rings is 1. The van der Waals surface area contributed by atoms with Crippen molar-refractivity contribution in [3.63, 3.8) is 0 Å². The lowest BCUT2D eigenvalue weighted by molar-refractivity contribution is -0.123. The van der Waals surface area contributed by atoms with E-state index in [9.17, 15) is 4.79 Å². The van der Waals surface area contributed by atoms with Crippen molar-refractivity contribution in [2.75, 3.05) is 6.61 Å². The van der Waals surface area contributed by atoms with Crippen molar-refractivity contribution >= 4 is 29.1 Å². The number of amides is 1. The van der Waals surface area contributed by atoms with Gasteiger partial charge in [0.05, 0.1) is 6.04 Å². The minimum atomic E-state index is -0.322. The van der Waals surface area contributed by atoms with E-state index >= 15 is 0 Å². The fourth-order valence-corrected chi connectivity index (χ4v) is 3.93. The summed E-state index contributed by atoms with van der Waals surface area (Å²) in [5.41, 5.74) is 2.93. The molecule has 1 aromatic carbocycles. The van der Waals surface area contributed by atoms with Crippen molar-refractivity contribution in [1.82, 2.24) is 10.3 Å². The Hall–Kier alpha value is -1.78. The Morgan fingerprint density at radius 1 is 1.30 bits per heavy atom. The summed E-state index contributed by atoms with van der Waals surface area (Å²) in [6, 6.07) is 7.28. The zero-order valence-electron chi connectivity index (χ0n) is 12.2. The summed E-state index contributed by atoms with van der Waals surface area (Å²) in [5, 5.41) is 4.37. The summed E-state index contributed by atoms with van der Waals surface area (Å²) in [4.78, 5) is 16.8. The molecule has 6 heteroatoms. The molecule has 1 aliphatic carbocycles. The van der Waals surface area contributed by atoms with Gasteiger partial charge in [0.2, 0.25) is 11.8 Å². The van der Waals surface area contributed by atoms with Crippen molar-refractivity contribution in [1.29, 1.82) is 0 Å². The van der Waals surface area contributed by atoms with Gasteiger partial charge in [-0.1, -0.05) is 29.3 Å². The Bertz CT molecular complexity index is 794. The minimum absolute atomic E-state index is 0.0503. The van der Waals surface area contributed by atoms with Crippen LogP contribution in [0.15, 0.2) is 30.5 Å². The van der Waals surface area contributed by atoms with Crippen molar-refractivity contribution in [2.45, 2.75) is 24.8 Å². The van der Waals surface area contributed by atoms with Crippen LogP contribution in [-0.2, 0) is 11.2 Å². The summed E-state index contributed by atoms with van der Waals surface area (Å²) in [7, 11) is 0. The molecule has 2 aromatic rings. The second kappa shape index (κ2) is 5.69. The maximum absolute atomic E-state index is 12.7. The van der Waals surface area contributed by atoms with Gasteiger partial charge in [-0.2, -0.15) is 0 Å². The fraction of sp³-hybridized carbons (Fsp3) is 0.294. The quantitative estimate of drug-likeness (QED) is 0.900. The molecule has 2 atom stereocenters. The van der Waals surface area contributed by atoms with Gasteiger partial charge in [-0.25, -0.2) is 4.98 Å². The Morgan fingerprint density at radius 3 is 3.04 bits per heavy atom. The summed E-state index contributed by atoms with van der Waals surface area (Å²) in [5.74, 6) is 0.175. The van der Waals surface area contributed by atoms with Gasteiger partial charge >= 0.3 is 0 Å². The lowest BCUT2D eigenvalue weighted by Crippen LogP contribution is -2.32. The molecule has 2 heterocycles. The topological polar surface area (TPSA) is 51.2 Å². The molecule has 0 saturated heterocycles. The molecule has 118 valence electrons. The number of carbonyl (C=O) groups excluding carboxylic acids is 1. The van der Waals surface area contributed by atoms with Crippen LogP contribution in [0.1, 0.15) is 35.1 Å². The van der Waals surface area contributed by atoms with Crippen molar-refractivity contribution < 1.29 is 9.53 Å². The van der Waals surface area contributed by atoms with Gasteiger partial charge in [-0.3, -0.25) is 4.79 Å². The van der Waals surface area contributed by atoms with Gasteiger partial charge in [0, 0.05) is 21.8 Å².